The number of rotatable bonds is 5. The lowest BCUT2D eigenvalue weighted by molar-refractivity contribution is -0.132. The van der Waals surface area contributed by atoms with Crippen molar-refractivity contribution < 1.29 is 4.79 Å². The Hall–Kier alpha value is -1.83. The molecule has 126 valence electrons. The third-order valence-electron chi connectivity index (χ3n) is 4.69. The van der Waals surface area contributed by atoms with E-state index in [-0.39, 0.29) is 11.8 Å². The average molecular weight is 316 g/mol. The Balaban J connectivity index is 1.92. The Morgan fingerprint density at radius 2 is 2.00 bits per heavy atom. The molecule has 0 atom stereocenters. The molecule has 1 amide bonds. The molecule has 1 aromatic rings. The molecule has 0 spiro atoms. The topological polar surface area (TPSA) is 61.9 Å². The molecule has 1 saturated heterocycles. The molecule has 0 bridgehead atoms. The van der Waals surface area contributed by atoms with E-state index in [4.69, 9.17) is 5.26 Å². The van der Waals surface area contributed by atoms with Gasteiger partial charge in [-0.15, -0.1) is 0 Å². The Morgan fingerprint density at radius 1 is 1.35 bits per heavy atom. The lowest BCUT2D eigenvalue weighted by atomic mass is 9.98. The van der Waals surface area contributed by atoms with Crippen LogP contribution in [0.15, 0.2) is 0 Å². The number of amides is 1. The molecule has 5 heteroatoms. The van der Waals surface area contributed by atoms with Crippen molar-refractivity contribution in [3.05, 3.63) is 17.0 Å². The lowest BCUT2D eigenvalue weighted by Crippen LogP contribution is -2.38. The van der Waals surface area contributed by atoms with Gasteiger partial charge in [-0.3, -0.25) is 9.48 Å². The molecule has 23 heavy (non-hydrogen) atoms. The molecule has 0 aliphatic carbocycles. The number of aryl methyl sites for hydroxylation is 1. The van der Waals surface area contributed by atoms with E-state index in [0.717, 1.165) is 44.6 Å². The number of hydrogen-bond acceptors (Lipinski definition) is 3. The molecule has 5 nitrogen and oxygen atoms in total. The molecule has 0 aromatic carbocycles. The van der Waals surface area contributed by atoms with Crippen LogP contribution in [0.25, 0.3) is 0 Å². The molecule has 0 saturated carbocycles. The molecular formula is C18H28N4O. The summed E-state index contributed by atoms with van der Waals surface area (Å²) in [7, 11) is 0. The Labute approximate surface area is 139 Å². The van der Waals surface area contributed by atoms with E-state index >= 15 is 0 Å². The van der Waals surface area contributed by atoms with Crippen molar-refractivity contribution in [2.45, 2.75) is 59.9 Å². The number of aromatic nitrogens is 2. The smallest absolute Gasteiger partial charge is 0.222 e. The summed E-state index contributed by atoms with van der Waals surface area (Å²) in [5.41, 5.74) is 3.44. The van der Waals surface area contributed by atoms with Gasteiger partial charge in [0.15, 0.2) is 0 Å². The maximum absolute atomic E-state index is 12.4. The van der Waals surface area contributed by atoms with Crippen LogP contribution in [0, 0.1) is 37.0 Å². The zero-order valence-electron chi connectivity index (χ0n) is 14.8. The van der Waals surface area contributed by atoms with E-state index in [2.05, 4.69) is 36.6 Å². The summed E-state index contributed by atoms with van der Waals surface area (Å²) in [6.45, 7) is 10.9. The second kappa shape index (κ2) is 7.63. The van der Waals surface area contributed by atoms with Gasteiger partial charge in [0.2, 0.25) is 5.91 Å². The number of carbonyl (C=O) groups is 1. The van der Waals surface area contributed by atoms with Gasteiger partial charge in [-0.25, -0.2) is 0 Å². The van der Waals surface area contributed by atoms with Gasteiger partial charge in [0.25, 0.3) is 0 Å². The maximum Gasteiger partial charge on any atom is 0.222 e. The van der Waals surface area contributed by atoms with Gasteiger partial charge >= 0.3 is 0 Å². The van der Waals surface area contributed by atoms with Crippen LogP contribution in [0.1, 0.15) is 50.1 Å². The highest BCUT2D eigenvalue weighted by atomic mass is 16.2. The van der Waals surface area contributed by atoms with Crippen LogP contribution < -0.4 is 0 Å². The minimum absolute atomic E-state index is 0.123. The first kappa shape index (κ1) is 17.5. The fourth-order valence-corrected chi connectivity index (χ4v) is 3.27. The minimum atomic E-state index is 0.123. The quantitative estimate of drug-likeness (QED) is 0.839. The van der Waals surface area contributed by atoms with Crippen LogP contribution in [0.3, 0.4) is 0 Å². The normalized spacial score (nSPS) is 15.9. The number of piperidine rings is 1. The Morgan fingerprint density at radius 3 is 2.57 bits per heavy atom. The van der Waals surface area contributed by atoms with Crippen LogP contribution >= 0.6 is 0 Å². The van der Waals surface area contributed by atoms with Gasteiger partial charge in [-0.2, -0.15) is 10.4 Å². The number of hydrogen-bond donors (Lipinski definition) is 0. The van der Waals surface area contributed by atoms with E-state index in [1.807, 2.05) is 11.8 Å². The van der Waals surface area contributed by atoms with Gasteiger partial charge in [0.05, 0.1) is 11.8 Å². The van der Waals surface area contributed by atoms with E-state index in [1.165, 1.54) is 11.3 Å². The molecule has 2 heterocycles. The van der Waals surface area contributed by atoms with Crippen LogP contribution in [0.5, 0.6) is 0 Å². The van der Waals surface area contributed by atoms with Crippen LogP contribution in [-0.2, 0) is 17.8 Å². The van der Waals surface area contributed by atoms with Crippen LogP contribution in [0.4, 0.5) is 0 Å². The van der Waals surface area contributed by atoms with Crippen molar-refractivity contribution in [1.29, 1.82) is 5.26 Å². The summed E-state index contributed by atoms with van der Waals surface area (Å²) in [6.07, 6.45) is 2.91. The molecule has 0 unspecified atom stereocenters. The number of likely N-dealkylation sites (tertiary alicyclic amines) is 1. The van der Waals surface area contributed by atoms with E-state index in [9.17, 15) is 4.79 Å². The molecule has 1 aliphatic heterocycles. The third kappa shape index (κ3) is 4.34. The van der Waals surface area contributed by atoms with Crippen molar-refractivity contribution in [2.24, 2.45) is 11.8 Å². The van der Waals surface area contributed by atoms with Crippen molar-refractivity contribution in [1.82, 2.24) is 14.7 Å². The molecular weight excluding hydrogens is 288 g/mol. The highest BCUT2D eigenvalue weighted by molar-refractivity contribution is 5.76. The Kier molecular flexibility index (Phi) is 5.81. The highest BCUT2D eigenvalue weighted by Crippen LogP contribution is 2.20. The monoisotopic (exact) mass is 316 g/mol. The van der Waals surface area contributed by atoms with Gasteiger partial charge in [-0.05, 0) is 44.6 Å². The molecule has 2 rings (SSSR count). The van der Waals surface area contributed by atoms with Gasteiger partial charge in [0.1, 0.15) is 0 Å². The summed E-state index contributed by atoms with van der Waals surface area (Å²) < 4.78 is 2.07. The van der Waals surface area contributed by atoms with Crippen molar-refractivity contribution in [3.8, 4) is 6.07 Å². The SMILES string of the molecule is Cc1nn(CC(C)C)c(C)c1CCC(=O)N1CCC(C#N)CC1. The van der Waals surface area contributed by atoms with E-state index in [0.29, 0.717) is 12.3 Å². The van der Waals surface area contributed by atoms with Crippen molar-refractivity contribution >= 4 is 5.91 Å². The van der Waals surface area contributed by atoms with Gasteiger partial charge in [0, 0.05) is 37.7 Å². The highest BCUT2D eigenvalue weighted by Gasteiger charge is 2.23. The second-order valence-electron chi connectivity index (χ2n) is 7.01. The van der Waals surface area contributed by atoms with Crippen molar-refractivity contribution in [3.63, 3.8) is 0 Å². The van der Waals surface area contributed by atoms with E-state index < -0.39 is 0 Å². The van der Waals surface area contributed by atoms with Crippen LogP contribution in [0.2, 0.25) is 0 Å². The Bertz CT molecular complexity index is 589. The molecule has 0 N–H and O–H groups in total. The molecule has 1 aliphatic rings. The first-order valence-corrected chi connectivity index (χ1v) is 8.62. The van der Waals surface area contributed by atoms with Crippen molar-refractivity contribution in [2.75, 3.05) is 13.1 Å². The van der Waals surface area contributed by atoms with Gasteiger partial charge in [-0.1, -0.05) is 13.8 Å². The third-order valence-corrected chi connectivity index (χ3v) is 4.69. The average Bonchev–Trinajstić information content (AvgIpc) is 2.78. The van der Waals surface area contributed by atoms with Crippen LogP contribution in [-0.4, -0.2) is 33.7 Å². The molecule has 0 radical (unpaired) electrons. The summed E-state index contributed by atoms with van der Waals surface area (Å²) >= 11 is 0. The van der Waals surface area contributed by atoms with E-state index in [1.54, 1.807) is 0 Å². The standard InChI is InChI=1S/C18H28N4O/c1-13(2)12-22-15(4)17(14(3)20-22)5-6-18(23)21-9-7-16(11-19)8-10-21/h13,16H,5-10,12H2,1-4H3. The maximum atomic E-state index is 12.4. The number of nitrogens with zero attached hydrogens (tertiary/aromatic N) is 4. The number of carbonyl (C=O) groups excluding carboxylic acids is 1. The fourth-order valence-electron chi connectivity index (χ4n) is 3.27. The summed E-state index contributed by atoms with van der Waals surface area (Å²) in [5.74, 6) is 0.888. The first-order valence-electron chi connectivity index (χ1n) is 8.62. The second-order valence-corrected chi connectivity index (χ2v) is 7.01. The largest absolute Gasteiger partial charge is 0.343 e. The predicted molar refractivity (Wildman–Crippen MR) is 89.8 cm³/mol. The zero-order chi connectivity index (χ0) is 17.0. The lowest BCUT2D eigenvalue weighted by Gasteiger charge is -2.29. The zero-order valence-corrected chi connectivity index (χ0v) is 14.8. The fraction of sp³-hybridized carbons (Fsp3) is 0.722. The molecule has 1 aromatic heterocycles. The first-order chi connectivity index (χ1) is 10.9. The number of nitriles is 1. The summed E-state index contributed by atoms with van der Waals surface area (Å²) in [5, 5.41) is 13.5. The van der Waals surface area contributed by atoms with Gasteiger partial charge < -0.3 is 4.90 Å². The molecule has 1 fully saturated rings. The summed E-state index contributed by atoms with van der Waals surface area (Å²) in [6, 6.07) is 2.31. The minimum Gasteiger partial charge on any atom is -0.343 e. The summed E-state index contributed by atoms with van der Waals surface area (Å²) in [4.78, 5) is 14.3. The predicted octanol–water partition coefficient (Wildman–Crippen LogP) is 2.85.